The lowest BCUT2D eigenvalue weighted by molar-refractivity contribution is -0.117. The summed E-state index contributed by atoms with van der Waals surface area (Å²) in [4.78, 5) is 22.9. The van der Waals surface area contributed by atoms with E-state index in [0.29, 0.717) is 26.1 Å². The average molecular weight is 380 g/mol. The van der Waals surface area contributed by atoms with Gasteiger partial charge in [0, 0.05) is 30.3 Å². The molecule has 2 amide bonds. The van der Waals surface area contributed by atoms with Gasteiger partial charge in [0.2, 0.25) is 11.8 Å². The standard InChI is InChI=1S/C22H24N2O4/c25-21-10-5-16-13-17(7-8-19(16)23-21)27-11-1-2-12-28-18-6-3-15-4-9-22(26)24-20(15)14-18/h3,6-8,13-14H,1-2,4-5,9-12H2,(H,23,25)(H,24,26). The number of carbonyl (C=O) groups is 2. The Balaban J connectivity index is 1.18. The number of unbranched alkanes of at least 4 members (excludes halogenated alkanes) is 1. The lowest BCUT2D eigenvalue weighted by Crippen LogP contribution is -2.18. The van der Waals surface area contributed by atoms with E-state index in [-0.39, 0.29) is 11.8 Å². The third kappa shape index (κ3) is 4.44. The second-order valence-electron chi connectivity index (χ2n) is 7.14. The molecule has 2 aliphatic rings. The lowest BCUT2D eigenvalue weighted by atomic mass is 10.0. The van der Waals surface area contributed by atoms with Gasteiger partial charge in [-0.15, -0.1) is 0 Å². The largest absolute Gasteiger partial charge is 0.494 e. The monoisotopic (exact) mass is 380 g/mol. The molecule has 2 aliphatic heterocycles. The van der Waals surface area contributed by atoms with Crippen molar-refractivity contribution in [2.45, 2.75) is 38.5 Å². The van der Waals surface area contributed by atoms with Crippen molar-refractivity contribution in [3.05, 3.63) is 47.5 Å². The molecule has 0 saturated carbocycles. The van der Waals surface area contributed by atoms with Crippen molar-refractivity contribution < 1.29 is 19.1 Å². The molecule has 0 radical (unpaired) electrons. The van der Waals surface area contributed by atoms with Crippen LogP contribution in [-0.4, -0.2) is 25.0 Å². The SMILES string of the molecule is O=C1CCc2cc(OCCCCOc3ccc4c(c3)NC(=O)CC4)ccc2N1. The number of carbonyl (C=O) groups excluding carboxylic acids is 2. The first kappa shape index (κ1) is 18.3. The normalized spacial score (nSPS) is 15.1. The van der Waals surface area contributed by atoms with Gasteiger partial charge < -0.3 is 20.1 Å². The summed E-state index contributed by atoms with van der Waals surface area (Å²) >= 11 is 0. The van der Waals surface area contributed by atoms with Crippen molar-refractivity contribution >= 4 is 23.2 Å². The topological polar surface area (TPSA) is 76.7 Å². The molecule has 0 aromatic heterocycles. The zero-order chi connectivity index (χ0) is 19.3. The van der Waals surface area contributed by atoms with E-state index in [1.165, 1.54) is 0 Å². The molecule has 2 heterocycles. The summed E-state index contributed by atoms with van der Waals surface area (Å²) in [6.45, 7) is 1.22. The summed E-state index contributed by atoms with van der Waals surface area (Å²) in [5.41, 5.74) is 4.03. The molecule has 0 fully saturated rings. The van der Waals surface area contributed by atoms with Crippen LogP contribution in [0.4, 0.5) is 11.4 Å². The highest BCUT2D eigenvalue weighted by Gasteiger charge is 2.16. The maximum absolute atomic E-state index is 11.5. The first-order valence-corrected chi connectivity index (χ1v) is 9.78. The Hall–Kier alpha value is -3.02. The fraction of sp³-hybridized carbons (Fsp3) is 0.364. The lowest BCUT2D eigenvalue weighted by Gasteiger charge is -2.18. The van der Waals surface area contributed by atoms with Gasteiger partial charge in [-0.25, -0.2) is 0 Å². The van der Waals surface area contributed by atoms with Crippen molar-refractivity contribution in [3.63, 3.8) is 0 Å². The number of benzene rings is 2. The molecule has 2 aromatic rings. The van der Waals surface area contributed by atoms with E-state index in [1.54, 1.807) is 0 Å². The predicted octanol–water partition coefficient (Wildman–Crippen LogP) is 3.69. The molecule has 146 valence electrons. The summed E-state index contributed by atoms with van der Waals surface area (Å²) in [6, 6.07) is 11.7. The summed E-state index contributed by atoms with van der Waals surface area (Å²) in [6.07, 6.45) is 4.38. The fourth-order valence-corrected chi connectivity index (χ4v) is 3.47. The molecule has 0 atom stereocenters. The third-order valence-corrected chi connectivity index (χ3v) is 5.03. The third-order valence-electron chi connectivity index (χ3n) is 5.03. The number of hydrogen-bond acceptors (Lipinski definition) is 4. The molecule has 0 saturated heterocycles. The van der Waals surface area contributed by atoms with E-state index in [0.717, 1.165) is 59.7 Å². The Morgan fingerprint density at radius 3 is 2.04 bits per heavy atom. The van der Waals surface area contributed by atoms with Gasteiger partial charge in [0.1, 0.15) is 11.5 Å². The number of anilines is 2. The van der Waals surface area contributed by atoms with Crippen LogP contribution < -0.4 is 20.1 Å². The van der Waals surface area contributed by atoms with E-state index >= 15 is 0 Å². The summed E-state index contributed by atoms with van der Waals surface area (Å²) < 4.78 is 11.6. The molecular formula is C22H24N2O4. The molecular weight excluding hydrogens is 356 g/mol. The predicted molar refractivity (Wildman–Crippen MR) is 107 cm³/mol. The zero-order valence-electron chi connectivity index (χ0n) is 15.8. The Kier molecular flexibility index (Phi) is 5.46. The van der Waals surface area contributed by atoms with Crippen LogP contribution in [0.5, 0.6) is 11.5 Å². The average Bonchev–Trinajstić information content (AvgIpc) is 2.70. The van der Waals surface area contributed by atoms with E-state index in [2.05, 4.69) is 10.6 Å². The van der Waals surface area contributed by atoms with Gasteiger partial charge in [0.05, 0.1) is 13.2 Å². The molecule has 0 aliphatic carbocycles. The first-order chi connectivity index (χ1) is 13.7. The van der Waals surface area contributed by atoms with E-state index in [1.807, 2.05) is 36.4 Å². The van der Waals surface area contributed by atoms with Gasteiger partial charge in [0.25, 0.3) is 0 Å². The van der Waals surface area contributed by atoms with Crippen molar-refractivity contribution in [2.24, 2.45) is 0 Å². The first-order valence-electron chi connectivity index (χ1n) is 9.78. The molecule has 0 spiro atoms. The highest BCUT2D eigenvalue weighted by Crippen LogP contribution is 2.28. The van der Waals surface area contributed by atoms with Gasteiger partial charge in [-0.3, -0.25) is 9.59 Å². The minimum absolute atomic E-state index is 0.0614. The fourth-order valence-electron chi connectivity index (χ4n) is 3.47. The zero-order valence-corrected chi connectivity index (χ0v) is 15.8. The van der Waals surface area contributed by atoms with Crippen LogP contribution >= 0.6 is 0 Å². The van der Waals surface area contributed by atoms with E-state index < -0.39 is 0 Å². The van der Waals surface area contributed by atoms with E-state index in [4.69, 9.17) is 9.47 Å². The number of nitrogens with one attached hydrogen (secondary N) is 2. The molecule has 0 unspecified atom stereocenters. The maximum atomic E-state index is 11.5. The Morgan fingerprint density at radius 1 is 0.679 bits per heavy atom. The second-order valence-corrected chi connectivity index (χ2v) is 7.14. The maximum Gasteiger partial charge on any atom is 0.224 e. The molecule has 2 aromatic carbocycles. The number of fused-ring (bicyclic) bond motifs is 2. The molecule has 0 bridgehead atoms. The molecule has 6 nitrogen and oxygen atoms in total. The highest BCUT2D eigenvalue weighted by atomic mass is 16.5. The number of rotatable bonds is 7. The van der Waals surface area contributed by atoms with Crippen LogP contribution in [0, 0.1) is 0 Å². The minimum Gasteiger partial charge on any atom is -0.494 e. The Labute approximate surface area is 164 Å². The summed E-state index contributed by atoms with van der Waals surface area (Å²) in [5.74, 6) is 1.74. The minimum atomic E-state index is 0.0614. The van der Waals surface area contributed by atoms with Gasteiger partial charge in [-0.1, -0.05) is 6.07 Å². The van der Waals surface area contributed by atoms with Crippen molar-refractivity contribution in [3.8, 4) is 11.5 Å². The van der Waals surface area contributed by atoms with E-state index in [9.17, 15) is 9.59 Å². The van der Waals surface area contributed by atoms with Crippen LogP contribution in [0.25, 0.3) is 0 Å². The smallest absolute Gasteiger partial charge is 0.224 e. The van der Waals surface area contributed by atoms with Crippen LogP contribution in [0.3, 0.4) is 0 Å². The number of hydrogen-bond donors (Lipinski definition) is 2. The molecule has 28 heavy (non-hydrogen) atoms. The van der Waals surface area contributed by atoms with Crippen LogP contribution in [0.2, 0.25) is 0 Å². The van der Waals surface area contributed by atoms with Gasteiger partial charge in [-0.05, 0) is 61.1 Å². The Bertz CT molecular complexity index is 894. The van der Waals surface area contributed by atoms with Crippen LogP contribution in [0.15, 0.2) is 36.4 Å². The van der Waals surface area contributed by atoms with Crippen LogP contribution in [0.1, 0.15) is 36.8 Å². The Morgan fingerprint density at radius 2 is 1.29 bits per heavy atom. The van der Waals surface area contributed by atoms with Crippen molar-refractivity contribution in [2.75, 3.05) is 23.8 Å². The number of ether oxygens (including phenoxy) is 2. The molecule has 4 rings (SSSR count). The van der Waals surface area contributed by atoms with Gasteiger partial charge in [0.15, 0.2) is 0 Å². The van der Waals surface area contributed by atoms with Crippen LogP contribution in [-0.2, 0) is 22.4 Å². The number of aryl methyl sites for hydroxylation is 2. The molecule has 6 heteroatoms. The van der Waals surface area contributed by atoms with Crippen molar-refractivity contribution in [1.29, 1.82) is 0 Å². The number of amides is 2. The summed E-state index contributed by atoms with van der Waals surface area (Å²) in [5, 5.41) is 5.76. The van der Waals surface area contributed by atoms with Crippen molar-refractivity contribution in [1.82, 2.24) is 0 Å². The quantitative estimate of drug-likeness (QED) is 0.718. The second kappa shape index (κ2) is 8.33. The summed E-state index contributed by atoms with van der Waals surface area (Å²) in [7, 11) is 0. The van der Waals surface area contributed by atoms with Gasteiger partial charge in [-0.2, -0.15) is 0 Å². The van der Waals surface area contributed by atoms with Gasteiger partial charge >= 0.3 is 0 Å². The highest BCUT2D eigenvalue weighted by molar-refractivity contribution is 5.94. The molecule has 2 N–H and O–H groups in total.